The molecule has 1 fully saturated rings. The minimum atomic E-state index is -4.66. The molecule has 13 heteroatoms. The predicted molar refractivity (Wildman–Crippen MR) is 168 cm³/mol. The molecule has 4 aromatic rings. The molecule has 0 bridgehead atoms. The van der Waals surface area contributed by atoms with Gasteiger partial charge in [-0.15, -0.1) is 0 Å². The molecular formula is C32H31ClN4O7S. The molecule has 3 atom stereocenters. The summed E-state index contributed by atoms with van der Waals surface area (Å²) in [5.74, 6) is -0.896. The molecule has 11 nitrogen and oxygen atoms in total. The topological polar surface area (TPSA) is 130 Å². The normalized spacial score (nSPS) is 21.6. The Hall–Kier alpha value is -4.23. The van der Waals surface area contributed by atoms with E-state index in [4.69, 9.17) is 21.1 Å². The van der Waals surface area contributed by atoms with Gasteiger partial charge in [-0.1, -0.05) is 35.9 Å². The zero-order valence-corrected chi connectivity index (χ0v) is 26.5. The molecule has 2 aliphatic rings. The first kappa shape index (κ1) is 30.8. The molecule has 1 N–H and O–H groups in total. The zero-order valence-electron chi connectivity index (χ0n) is 25.0. The number of β-amino-alcohol motifs (C(OH)–C–C–N with tert-alkyl or cyclic N) is 1. The van der Waals surface area contributed by atoms with Crippen LogP contribution in [0.4, 0.5) is 5.69 Å². The number of halogens is 1. The molecule has 6 rings (SSSR count). The maximum atomic E-state index is 15.4. The number of likely N-dealkylation sites (N-methyl/N-ethyl adjacent to an activating group) is 1. The average Bonchev–Trinajstić information content (AvgIpc) is 3.54. The standard InChI is InChI=1S/C32H31ClN4O7S/c1-35(2)30(39)27-14-21(38)18-36(27)32(25-17-34-16-19-7-5-6-8-23(19)25)24-13-20(33)9-11-26(24)37(31(32)40)45(41,42)29-12-10-22(43-3)15-28(29)44-4/h5-13,15-17,21,27,38H,14,18H2,1-4H3/t21-,27+,32?/m1/s1. The van der Waals surface area contributed by atoms with E-state index in [-0.39, 0.29) is 45.8 Å². The summed E-state index contributed by atoms with van der Waals surface area (Å²) in [5.41, 5.74) is -1.30. The van der Waals surface area contributed by atoms with Crippen LogP contribution in [0.3, 0.4) is 0 Å². The van der Waals surface area contributed by atoms with Crippen LogP contribution in [0.15, 0.2) is 78.0 Å². The lowest BCUT2D eigenvalue weighted by Gasteiger charge is -2.41. The smallest absolute Gasteiger partial charge is 0.274 e. The van der Waals surface area contributed by atoms with Crippen molar-refractivity contribution in [2.24, 2.45) is 0 Å². The summed E-state index contributed by atoms with van der Waals surface area (Å²) in [7, 11) is 1.28. The first-order chi connectivity index (χ1) is 21.5. The number of aliphatic hydroxyl groups is 1. The van der Waals surface area contributed by atoms with Gasteiger partial charge < -0.3 is 19.5 Å². The number of methoxy groups -OCH3 is 2. The van der Waals surface area contributed by atoms with Crippen molar-refractivity contribution >= 4 is 49.9 Å². The predicted octanol–water partition coefficient (Wildman–Crippen LogP) is 3.41. The molecule has 3 heterocycles. The molecule has 1 unspecified atom stereocenters. The van der Waals surface area contributed by atoms with Crippen molar-refractivity contribution in [3.05, 3.63) is 89.2 Å². The summed E-state index contributed by atoms with van der Waals surface area (Å²) in [6, 6.07) is 15.0. The van der Waals surface area contributed by atoms with Gasteiger partial charge in [-0.05, 0) is 42.1 Å². The number of aliphatic hydroxyl groups excluding tert-OH is 1. The van der Waals surface area contributed by atoms with Gasteiger partial charge in [0.1, 0.15) is 16.4 Å². The third kappa shape index (κ3) is 4.62. The van der Waals surface area contributed by atoms with Crippen LogP contribution >= 0.6 is 11.6 Å². The van der Waals surface area contributed by atoms with Crippen LogP contribution in [0, 0.1) is 0 Å². The Morgan fingerprint density at radius 1 is 1.04 bits per heavy atom. The summed E-state index contributed by atoms with van der Waals surface area (Å²) in [4.78, 5) is 36.2. The SMILES string of the molecule is COc1ccc(S(=O)(=O)N2C(=O)C(c3cncc4ccccc34)(N3C[C@H](O)C[C@H]3C(=O)N(C)C)c3cc(Cl)ccc32)c(OC)c1. The number of amides is 2. The molecule has 0 aliphatic carbocycles. The van der Waals surface area contributed by atoms with Gasteiger partial charge in [0.05, 0.1) is 32.1 Å². The maximum absolute atomic E-state index is 15.4. The van der Waals surface area contributed by atoms with E-state index in [0.717, 1.165) is 4.31 Å². The van der Waals surface area contributed by atoms with Crippen molar-refractivity contribution in [2.45, 2.75) is 29.0 Å². The van der Waals surface area contributed by atoms with Gasteiger partial charge in [-0.25, -0.2) is 12.7 Å². The number of nitrogens with zero attached hydrogens (tertiary/aromatic N) is 4. The highest BCUT2D eigenvalue weighted by Crippen LogP contribution is 2.54. The minimum absolute atomic E-state index is 0.0270. The fourth-order valence-corrected chi connectivity index (χ4v) is 8.26. The Bertz CT molecular complexity index is 1950. The molecule has 0 radical (unpaired) electrons. The van der Waals surface area contributed by atoms with Gasteiger partial charge in [0.15, 0.2) is 5.54 Å². The van der Waals surface area contributed by atoms with Crippen molar-refractivity contribution in [3.63, 3.8) is 0 Å². The fraction of sp³-hybridized carbons (Fsp3) is 0.281. The summed E-state index contributed by atoms with van der Waals surface area (Å²) in [5, 5.41) is 12.6. The lowest BCUT2D eigenvalue weighted by atomic mass is 9.80. The molecule has 1 saturated heterocycles. The van der Waals surface area contributed by atoms with Crippen molar-refractivity contribution in [1.29, 1.82) is 0 Å². The van der Waals surface area contributed by atoms with E-state index < -0.39 is 33.6 Å². The highest BCUT2D eigenvalue weighted by molar-refractivity contribution is 7.93. The number of anilines is 1. The van der Waals surface area contributed by atoms with E-state index in [0.29, 0.717) is 22.1 Å². The molecule has 234 valence electrons. The molecule has 0 saturated carbocycles. The number of carbonyl (C=O) groups is 2. The zero-order chi connectivity index (χ0) is 32.3. The van der Waals surface area contributed by atoms with E-state index in [1.54, 1.807) is 37.3 Å². The van der Waals surface area contributed by atoms with E-state index in [1.807, 2.05) is 18.2 Å². The fourth-order valence-electron chi connectivity index (χ4n) is 6.49. The lowest BCUT2D eigenvalue weighted by Crippen LogP contribution is -2.59. The Labute approximate surface area is 265 Å². The second kappa shape index (κ2) is 11.3. The second-order valence-electron chi connectivity index (χ2n) is 11.2. The Morgan fingerprint density at radius 2 is 1.80 bits per heavy atom. The average molecular weight is 651 g/mol. The number of aromatic nitrogens is 1. The number of carbonyl (C=O) groups excluding carboxylic acids is 2. The molecule has 45 heavy (non-hydrogen) atoms. The highest BCUT2D eigenvalue weighted by Gasteiger charge is 2.63. The van der Waals surface area contributed by atoms with Crippen LogP contribution in [0.5, 0.6) is 11.5 Å². The summed E-state index contributed by atoms with van der Waals surface area (Å²) >= 11 is 6.58. The largest absolute Gasteiger partial charge is 0.497 e. The van der Waals surface area contributed by atoms with Gasteiger partial charge in [-0.3, -0.25) is 19.5 Å². The number of sulfonamides is 1. The number of ether oxygens (including phenoxy) is 2. The number of likely N-dealkylation sites (tertiary alicyclic amines) is 1. The van der Waals surface area contributed by atoms with Crippen LogP contribution in [-0.2, 0) is 25.2 Å². The van der Waals surface area contributed by atoms with Crippen LogP contribution in [-0.4, -0.2) is 87.1 Å². The molecule has 2 amide bonds. The highest BCUT2D eigenvalue weighted by atomic mass is 35.5. The first-order valence-corrected chi connectivity index (χ1v) is 15.9. The minimum Gasteiger partial charge on any atom is -0.497 e. The van der Waals surface area contributed by atoms with Gasteiger partial charge in [0.25, 0.3) is 15.9 Å². The summed E-state index contributed by atoms with van der Waals surface area (Å²) in [6.45, 7) is -0.106. The summed E-state index contributed by atoms with van der Waals surface area (Å²) in [6.07, 6.45) is 2.19. The maximum Gasteiger partial charge on any atom is 0.274 e. The van der Waals surface area contributed by atoms with Crippen molar-refractivity contribution in [1.82, 2.24) is 14.8 Å². The van der Waals surface area contributed by atoms with E-state index in [2.05, 4.69) is 4.98 Å². The van der Waals surface area contributed by atoms with Crippen LogP contribution in [0.1, 0.15) is 17.5 Å². The molecule has 3 aromatic carbocycles. The van der Waals surface area contributed by atoms with Crippen LogP contribution < -0.4 is 13.8 Å². The van der Waals surface area contributed by atoms with Gasteiger partial charge in [0.2, 0.25) is 5.91 Å². The second-order valence-corrected chi connectivity index (χ2v) is 13.4. The molecule has 1 aromatic heterocycles. The molecule has 0 spiro atoms. The van der Waals surface area contributed by atoms with E-state index in [9.17, 15) is 18.3 Å². The summed E-state index contributed by atoms with van der Waals surface area (Å²) < 4.78 is 40.7. The third-order valence-corrected chi connectivity index (χ3v) is 10.4. The van der Waals surface area contributed by atoms with Gasteiger partial charge in [-0.2, -0.15) is 0 Å². The van der Waals surface area contributed by atoms with E-state index >= 15 is 4.79 Å². The van der Waals surface area contributed by atoms with Gasteiger partial charge >= 0.3 is 0 Å². The quantitative estimate of drug-likeness (QED) is 0.320. The number of fused-ring (bicyclic) bond motifs is 2. The number of benzene rings is 3. The number of pyridine rings is 1. The molecular weight excluding hydrogens is 620 g/mol. The van der Waals surface area contributed by atoms with Gasteiger partial charge in [0, 0.05) is 60.6 Å². The van der Waals surface area contributed by atoms with Crippen molar-refractivity contribution in [3.8, 4) is 11.5 Å². The number of rotatable bonds is 7. The molecule has 2 aliphatic heterocycles. The van der Waals surface area contributed by atoms with Crippen molar-refractivity contribution in [2.75, 3.05) is 39.2 Å². The van der Waals surface area contributed by atoms with Crippen LogP contribution in [0.25, 0.3) is 10.8 Å². The number of hydrogen-bond donors (Lipinski definition) is 1. The van der Waals surface area contributed by atoms with E-state index in [1.165, 1.54) is 55.6 Å². The Morgan fingerprint density at radius 3 is 2.51 bits per heavy atom. The lowest BCUT2D eigenvalue weighted by molar-refractivity contribution is -0.138. The number of hydrogen-bond acceptors (Lipinski definition) is 9. The van der Waals surface area contributed by atoms with Crippen LogP contribution in [0.2, 0.25) is 5.02 Å². The first-order valence-electron chi connectivity index (χ1n) is 14.1. The third-order valence-electron chi connectivity index (χ3n) is 8.44. The Balaban J connectivity index is 1.71. The Kier molecular flexibility index (Phi) is 7.72. The monoisotopic (exact) mass is 650 g/mol. The van der Waals surface area contributed by atoms with Crippen molar-refractivity contribution < 1.29 is 32.6 Å².